The fraction of sp³-hybridized carbons (Fsp3) is 0. The monoisotopic (exact) mass is 176 g/mol. The molecule has 0 atom stereocenters. The van der Waals surface area contributed by atoms with Crippen LogP contribution < -0.4 is 0 Å². The first kappa shape index (κ1) is 7.47. The molecule has 0 radical (unpaired) electrons. The summed E-state index contributed by atoms with van der Waals surface area (Å²) in [4.78, 5) is 8.27. The van der Waals surface area contributed by atoms with E-state index in [-0.39, 0.29) is 0 Å². The minimum absolute atomic E-state index is 0.741. The lowest BCUT2D eigenvalue weighted by atomic mass is 10.6. The Labute approximate surface area is 60.9 Å². The molecule has 8 nitrogen and oxygen atoms in total. The molecule has 0 unspecified atom stereocenters. The van der Waals surface area contributed by atoms with Gasteiger partial charge >= 0.3 is 10.8 Å². The zero-order valence-electron chi connectivity index (χ0n) is 4.83. The highest BCUT2D eigenvalue weighted by Crippen LogP contribution is 1.97. The van der Waals surface area contributed by atoms with E-state index in [0.717, 1.165) is 0 Å². The molecule has 1 aliphatic heterocycles. The van der Waals surface area contributed by atoms with Crippen molar-refractivity contribution in [3.05, 3.63) is 10.1 Å². The highest BCUT2D eigenvalue weighted by molar-refractivity contribution is 7.74. The molecule has 1 heterocycles. The van der Waals surface area contributed by atoms with Crippen LogP contribution in [0.3, 0.4) is 0 Å². The molecule has 0 aromatic heterocycles. The highest BCUT2D eigenvalue weighted by Gasteiger charge is 2.28. The fourth-order valence-electron chi connectivity index (χ4n) is 0.415. The van der Waals surface area contributed by atoms with Gasteiger partial charge in [0.1, 0.15) is 5.10 Å². The van der Waals surface area contributed by atoms with Crippen LogP contribution in [0.5, 0.6) is 0 Å². The van der Waals surface area contributed by atoms with Crippen LogP contribution in [-0.4, -0.2) is 24.2 Å². The number of amidine groups is 1. The summed E-state index contributed by atoms with van der Waals surface area (Å²) in [5, 5.41) is 18.6. The standard InChI is InChI=1S/C2N4O4S/c7-6(8)1-2(11(9)10)4-5-3-1. The van der Waals surface area contributed by atoms with E-state index in [1.165, 1.54) is 0 Å². The Morgan fingerprint density at radius 1 is 1.45 bits per heavy atom. The van der Waals surface area contributed by atoms with Crippen LogP contribution in [0.2, 0.25) is 0 Å². The number of nitrogens with zero attached hydrogens (tertiary/aromatic N) is 4. The van der Waals surface area contributed by atoms with Crippen molar-refractivity contribution in [2.24, 2.45) is 15.4 Å². The van der Waals surface area contributed by atoms with Crippen LogP contribution in [0.4, 0.5) is 0 Å². The second kappa shape index (κ2) is 2.54. The van der Waals surface area contributed by atoms with Crippen LogP contribution in [0, 0.1) is 10.1 Å². The van der Waals surface area contributed by atoms with Crippen LogP contribution >= 0.6 is 0 Å². The molecule has 0 aromatic rings. The smallest absolute Gasteiger partial charge is 0.358 e. The van der Waals surface area contributed by atoms with E-state index in [0.29, 0.717) is 0 Å². The van der Waals surface area contributed by atoms with Crippen molar-refractivity contribution in [1.82, 2.24) is 0 Å². The van der Waals surface area contributed by atoms with Gasteiger partial charge in [-0.2, -0.15) is 8.42 Å². The van der Waals surface area contributed by atoms with Crippen LogP contribution in [-0.2, 0) is 10.3 Å². The minimum Gasteiger partial charge on any atom is -0.358 e. The Kier molecular flexibility index (Phi) is 1.72. The Morgan fingerprint density at radius 3 is 2.45 bits per heavy atom. The lowest BCUT2D eigenvalue weighted by molar-refractivity contribution is -0.345. The Balaban J connectivity index is 3.27. The molecular weight excluding hydrogens is 176 g/mol. The molecule has 0 aromatic carbocycles. The number of hydrogen-bond acceptors (Lipinski definition) is 6. The molecule has 0 amide bonds. The maximum Gasteiger partial charge on any atom is 0.436 e. The Bertz CT molecular complexity index is 380. The normalized spacial score (nSPS) is 14.9. The Hall–Kier alpha value is -1.64. The van der Waals surface area contributed by atoms with Gasteiger partial charge in [0.15, 0.2) is 0 Å². The van der Waals surface area contributed by atoms with Crippen LogP contribution in [0.25, 0.3) is 0 Å². The first-order chi connectivity index (χ1) is 5.13. The SMILES string of the molecule is O=[N+]([O-])C1=NN=NC1=S(=O)=O. The molecule has 0 aliphatic carbocycles. The van der Waals surface area contributed by atoms with Crippen molar-refractivity contribution < 1.29 is 13.3 Å². The van der Waals surface area contributed by atoms with Crippen LogP contribution in [0.1, 0.15) is 0 Å². The predicted octanol–water partition coefficient (Wildman–Crippen LogP) is -0.949. The third-order valence-electron chi connectivity index (χ3n) is 0.797. The Morgan fingerprint density at radius 2 is 2.09 bits per heavy atom. The van der Waals surface area contributed by atoms with Crippen molar-refractivity contribution >= 4 is 21.1 Å². The maximum absolute atomic E-state index is 10.1. The van der Waals surface area contributed by atoms with E-state index >= 15 is 0 Å². The molecule has 1 rings (SSSR count). The first-order valence-electron chi connectivity index (χ1n) is 2.22. The second-order valence-electron chi connectivity index (χ2n) is 1.41. The van der Waals surface area contributed by atoms with Gasteiger partial charge in [0.2, 0.25) is 0 Å². The average molecular weight is 176 g/mol. The van der Waals surface area contributed by atoms with Crippen molar-refractivity contribution in [3.63, 3.8) is 0 Å². The molecule has 0 N–H and O–H groups in total. The molecule has 9 heteroatoms. The van der Waals surface area contributed by atoms with E-state index < -0.39 is 26.0 Å². The molecule has 11 heavy (non-hydrogen) atoms. The van der Waals surface area contributed by atoms with Gasteiger partial charge in [0, 0.05) is 0 Å². The lowest BCUT2D eigenvalue weighted by Crippen LogP contribution is -2.19. The van der Waals surface area contributed by atoms with E-state index in [1.54, 1.807) is 0 Å². The fourth-order valence-corrected chi connectivity index (χ4v) is 0.783. The van der Waals surface area contributed by atoms with Crippen molar-refractivity contribution in [1.29, 1.82) is 0 Å². The molecule has 58 valence electrons. The van der Waals surface area contributed by atoms with Crippen molar-refractivity contribution in [3.8, 4) is 0 Å². The summed E-state index contributed by atoms with van der Waals surface area (Å²) in [5.41, 5.74) is 0. The molecule has 0 spiro atoms. The third kappa shape index (κ3) is 1.26. The van der Waals surface area contributed by atoms with Gasteiger partial charge in [-0.3, -0.25) is 0 Å². The molecule has 0 bridgehead atoms. The molecular formula is C2N4O4S. The molecule has 0 fully saturated rings. The summed E-state index contributed by atoms with van der Waals surface area (Å²) in [5.74, 6) is -0.849. The molecule has 1 aliphatic rings. The summed E-state index contributed by atoms with van der Waals surface area (Å²) >= 11 is 0. The summed E-state index contributed by atoms with van der Waals surface area (Å²) in [6.45, 7) is 0. The molecule has 0 saturated heterocycles. The zero-order valence-corrected chi connectivity index (χ0v) is 5.65. The number of rotatable bonds is 0. The van der Waals surface area contributed by atoms with Gasteiger partial charge < -0.3 is 10.1 Å². The predicted molar refractivity (Wildman–Crippen MR) is 33.2 cm³/mol. The zero-order chi connectivity index (χ0) is 8.43. The summed E-state index contributed by atoms with van der Waals surface area (Å²) in [6, 6.07) is 0. The molecule has 0 saturated carbocycles. The summed E-state index contributed by atoms with van der Waals surface area (Å²) in [6.07, 6.45) is 0. The van der Waals surface area contributed by atoms with Gasteiger partial charge in [0.25, 0.3) is 10.3 Å². The van der Waals surface area contributed by atoms with Gasteiger partial charge in [-0.25, -0.2) is 0 Å². The lowest BCUT2D eigenvalue weighted by Gasteiger charge is -1.84. The summed E-state index contributed by atoms with van der Waals surface area (Å²) in [7, 11) is -2.76. The number of nitro groups is 1. The van der Waals surface area contributed by atoms with E-state index in [2.05, 4.69) is 15.4 Å². The summed E-state index contributed by atoms with van der Waals surface area (Å²) < 4.78 is 20.3. The first-order valence-corrected chi connectivity index (χ1v) is 3.30. The second-order valence-corrected chi connectivity index (χ2v) is 2.27. The van der Waals surface area contributed by atoms with E-state index in [4.69, 9.17) is 0 Å². The quantitative estimate of drug-likeness (QED) is 0.269. The van der Waals surface area contributed by atoms with Gasteiger partial charge in [-0.15, -0.1) is 0 Å². The van der Waals surface area contributed by atoms with Crippen molar-refractivity contribution in [2.75, 3.05) is 0 Å². The van der Waals surface area contributed by atoms with Gasteiger partial charge in [0.05, 0.1) is 5.22 Å². The van der Waals surface area contributed by atoms with E-state index in [1.807, 2.05) is 0 Å². The third-order valence-corrected chi connectivity index (χ3v) is 1.38. The minimum atomic E-state index is -2.76. The average Bonchev–Trinajstić information content (AvgIpc) is 2.32. The topological polar surface area (TPSA) is 114 Å². The van der Waals surface area contributed by atoms with Gasteiger partial charge in [-0.1, -0.05) is 5.11 Å². The largest absolute Gasteiger partial charge is 0.436 e. The highest BCUT2D eigenvalue weighted by atomic mass is 32.2. The van der Waals surface area contributed by atoms with Crippen molar-refractivity contribution in [2.45, 2.75) is 0 Å². The number of hydrogen-bond donors (Lipinski definition) is 0. The maximum atomic E-state index is 10.1. The van der Waals surface area contributed by atoms with Crippen LogP contribution in [0.15, 0.2) is 15.4 Å². The van der Waals surface area contributed by atoms with Gasteiger partial charge in [-0.05, 0) is 4.92 Å². The van der Waals surface area contributed by atoms with E-state index in [9.17, 15) is 18.5 Å².